The summed E-state index contributed by atoms with van der Waals surface area (Å²) in [4.78, 5) is 23.1. The summed E-state index contributed by atoms with van der Waals surface area (Å²) < 4.78 is 0. The molecule has 2 aromatic heterocycles. The standard InChI is InChI=1S/C10H10N4O2S/c1-6(15)12-9-3-2-7(17-9)10(16)13-8-4-5-11-14-8/h2-5H,1H3,(H,12,15)(H2,11,13,14,16). The SMILES string of the molecule is CC(=O)Nc1ccc(C(=O)Nc2ccn[nH]2)s1. The molecule has 0 radical (unpaired) electrons. The van der Waals surface area contributed by atoms with Gasteiger partial charge in [0.2, 0.25) is 5.91 Å². The normalized spacial score (nSPS) is 9.94. The highest BCUT2D eigenvalue weighted by atomic mass is 32.1. The summed E-state index contributed by atoms with van der Waals surface area (Å²) in [6.07, 6.45) is 1.55. The van der Waals surface area contributed by atoms with Gasteiger partial charge in [0, 0.05) is 13.0 Å². The predicted octanol–water partition coefficient (Wildman–Crippen LogP) is 1.68. The highest BCUT2D eigenvalue weighted by Crippen LogP contribution is 2.22. The number of aromatic nitrogens is 2. The summed E-state index contributed by atoms with van der Waals surface area (Å²) in [5.74, 6) is 0.132. The highest BCUT2D eigenvalue weighted by molar-refractivity contribution is 7.18. The maximum Gasteiger partial charge on any atom is 0.266 e. The summed E-state index contributed by atoms with van der Waals surface area (Å²) in [5.41, 5.74) is 0. The van der Waals surface area contributed by atoms with Crippen LogP contribution in [0.4, 0.5) is 10.8 Å². The molecule has 0 aliphatic rings. The van der Waals surface area contributed by atoms with E-state index in [1.165, 1.54) is 18.3 Å². The average Bonchev–Trinajstić information content (AvgIpc) is 2.87. The molecule has 7 heteroatoms. The van der Waals surface area contributed by atoms with Crippen LogP contribution < -0.4 is 10.6 Å². The molecule has 2 rings (SSSR count). The number of H-pyrrole nitrogens is 1. The van der Waals surface area contributed by atoms with Crippen molar-refractivity contribution < 1.29 is 9.59 Å². The quantitative estimate of drug-likeness (QED) is 0.774. The second-order valence-corrected chi connectivity index (χ2v) is 4.35. The molecule has 0 unspecified atom stereocenters. The van der Waals surface area contributed by atoms with Crippen molar-refractivity contribution >= 4 is 34.0 Å². The first kappa shape index (κ1) is 11.3. The number of nitrogens with one attached hydrogen (secondary N) is 3. The first-order chi connectivity index (χ1) is 8.15. The maximum atomic E-state index is 11.7. The molecule has 3 N–H and O–H groups in total. The van der Waals surface area contributed by atoms with Gasteiger partial charge in [0.1, 0.15) is 5.82 Å². The van der Waals surface area contributed by atoms with Crippen LogP contribution in [0.2, 0.25) is 0 Å². The van der Waals surface area contributed by atoms with E-state index in [-0.39, 0.29) is 11.8 Å². The number of carbonyl (C=O) groups excluding carboxylic acids is 2. The molecule has 0 aliphatic carbocycles. The molecule has 2 heterocycles. The monoisotopic (exact) mass is 250 g/mol. The topological polar surface area (TPSA) is 86.9 Å². The number of thiophene rings is 1. The molecule has 88 valence electrons. The van der Waals surface area contributed by atoms with Gasteiger partial charge in [0.15, 0.2) is 0 Å². The van der Waals surface area contributed by atoms with Gasteiger partial charge in [-0.05, 0) is 12.1 Å². The third-order valence-corrected chi connectivity index (χ3v) is 2.88. The summed E-state index contributed by atoms with van der Waals surface area (Å²) in [5, 5.41) is 12.3. The summed E-state index contributed by atoms with van der Waals surface area (Å²) >= 11 is 1.21. The van der Waals surface area contributed by atoms with Gasteiger partial charge in [-0.3, -0.25) is 14.7 Å². The van der Waals surface area contributed by atoms with Gasteiger partial charge >= 0.3 is 0 Å². The lowest BCUT2D eigenvalue weighted by Gasteiger charge is -1.98. The van der Waals surface area contributed by atoms with Gasteiger partial charge in [-0.15, -0.1) is 11.3 Å². The number of amides is 2. The first-order valence-corrected chi connectivity index (χ1v) is 5.65. The van der Waals surface area contributed by atoms with E-state index in [9.17, 15) is 9.59 Å². The van der Waals surface area contributed by atoms with Crippen molar-refractivity contribution in [1.82, 2.24) is 10.2 Å². The third kappa shape index (κ3) is 2.91. The minimum Gasteiger partial charge on any atom is -0.318 e. The molecule has 2 aromatic rings. The molecule has 0 fully saturated rings. The van der Waals surface area contributed by atoms with Crippen LogP contribution in [0, 0.1) is 0 Å². The van der Waals surface area contributed by atoms with E-state index in [0.29, 0.717) is 15.7 Å². The van der Waals surface area contributed by atoms with Crippen molar-refractivity contribution in [2.24, 2.45) is 0 Å². The number of nitrogens with zero attached hydrogens (tertiary/aromatic N) is 1. The van der Waals surface area contributed by atoms with E-state index in [0.717, 1.165) is 0 Å². The second kappa shape index (κ2) is 4.79. The van der Waals surface area contributed by atoms with Crippen LogP contribution in [-0.4, -0.2) is 22.0 Å². The largest absolute Gasteiger partial charge is 0.318 e. The molecular formula is C10H10N4O2S. The van der Waals surface area contributed by atoms with Gasteiger partial charge in [-0.2, -0.15) is 5.10 Å². The fraction of sp³-hybridized carbons (Fsp3) is 0.100. The molecule has 0 saturated carbocycles. The van der Waals surface area contributed by atoms with Gasteiger partial charge in [0.05, 0.1) is 16.1 Å². The van der Waals surface area contributed by atoms with Crippen LogP contribution in [0.5, 0.6) is 0 Å². The summed E-state index contributed by atoms with van der Waals surface area (Å²) in [6.45, 7) is 1.42. The summed E-state index contributed by atoms with van der Waals surface area (Å²) in [6, 6.07) is 5.00. The van der Waals surface area contributed by atoms with Gasteiger partial charge in [0.25, 0.3) is 5.91 Å². The molecular weight excluding hydrogens is 240 g/mol. The van der Waals surface area contributed by atoms with Crippen molar-refractivity contribution in [2.75, 3.05) is 10.6 Å². The molecule has 17 heavy (non-hydrogen) atoms. The van der Waals surface area contributed by atoms with Crippen molar-refractivity contribution in [3.05, 3.63) is 29.3 Å². The summed E-state index contributed by atoms with van der Waals surface area (Å²) in [7, 11) is 0. The lowest BCUT2D eigenvalue weighted by atomic mass is 10.4. The van der Waals surface area contributed by atoms with Crippen molar-refractivity contribution in [2.45, 2.75) is 6.92 Å². The van der Waals surface area contributed by atoms with Crippen LogP contribution in [0.15, 0.2) is 24.4 Å². The van der Waals surface area contributed by atoms with Crippen molar-refractivity contribution in [3.8, 4) is 0 Å². The maximum absolute atomic E-state index is 11.7. The molecule has 0 bridgehead atoms. The zero-order valence-electron chi connectivity index (χ0n) is 8.98. The number of anilines is 2. The molecule has 0 spiro atoms. The predicted molar refractivity (Wildman–Crippen MR) is 65.2 cm³/mol. The molecule has 0 atom stereocenters. The first-order valence-electron chi connectivity index (χ1n) is 4.83. The van der Waals surface area contributed by atoms with Crippen molar-refractivity contribution in [1.29, 1.82) is 0 Å². The number of carbonyl (C=O) groups is 2. The third-order valence-electron chi connectivity index (χ3n) is 1.88. The van der Waals surface area contributed by atoms with E-state index < -0.39 is 0 Å². The van der Waals surface area contributed by atoms with Crippen LogP contribution >= 0.6 is 11.3 Å². The number of rotatable bonds is 3. The Morgan fingerprint density at radius 3 is 2.76 bits per heavy atom. The van der Waals surface area contributed by atoms with E-state index in [1.807, 2.05) is 0 Å². The lowest BCUT2D eigenvalue weighted by Crippen LogP contribution is -2.10. The van der Waals surface area contributed by atoms with Gasteiger partial charge < -0.3 is 10.6 Å². The number of aromatic amines is 1. The fourth-order valence-electron chi connectivity index (χ4n) is 1.21. The molecule has 0 saturated heterocycles. The smallest absolute Gasteiger partial charge is 0.266 e. The second-order valence-electron chi connectivity index (χ2n) is 3.27. The van der Waals surface area contributed by atoms with Crippen LogP contribution in [0.3, 0.4) is 0 Å². The minimum atomic E-state index is -0.240. The molecule has 0 aliphatic heterocycles. The van der Waals surface area contributed by atoms with Crippen LogP contribution in [0.1, 0.15) is 16.6 Å². The van der Waals surface area contributed by atoms with E-state index in [4.69, 9.17) is 0 Å². The molecule has 6 nitrogen and oxygen atoms in total. The Morgan fingerprint density at radius 1 is 1.29 bits per heavy atom. The lowest BCUT2D eigenvalue weighted by molar-refractivity contribution is -0.114. The Morgan fingerprint density at radius 2 is 2.12 bits per heavy atom. The molecule has 0 aromatic carbocycles. The Labute approximate surface area is 101 Å². The Balaban J connectivity index is 2.04. The Kier molecular flexibility index (Phi) is 3.20. The molecule has 2 amide bonds. The number of hydrogen-bond donors (Lipinski definition) is 3. The average molecular weight is 250 g/mol. The van der Waals surface area contributed by atoms with Gasteiger partial charge in [-0.1, -0.05) is 0 Å². The van der Waals surface area contributed by atoms with Crippen LogP contribution in [0.25, 0.3) is 0 Å². The minimum absolute atomic E-state index is 0.160. The highest BCUT2D eigenvalue weighted by Gasteiger charge is 2.10. The Hall–Kier alpha value is -2.15. The van der Waals surface area contributed by atoms with Crippen LogP contribution in [-0.2, 0) is 4.79 Å². The zero-order chi connectivity index (χ0) is 12.3. The van der Waals surface area contributed by atoms with E-state index in [2.05, 4.69) is 20.8 Å². The van der Waals surface area contributed by atoms with Gasteiger partial charge in [-0.25, -0.2) is 0 Å². The zero-order valence-corrected chi connectivity index (χ0v) is 9.80. The van der Waals surface area contributed by atoms with Crippen molar-refractivity contribution in [3.63, 3.8) is 0 Å². The van der Waals surface area contributed by atoms with E-state index in [1.54, 1.807) is 24.4 Å². The van der Waals surface area contributed by atoms with E-state index >= 15 is 0 Å². The fourth-order valence-corrected chi connectivity index (χ4v) is 2.06. The number of hydrogen-bond acceptors (Lipinski definition) is 4. The Bertz CT molecular complexity index is 532.